The van der Waals surface area contributed by atoms with Crippen molar-refractivity contribution >= 4 is 11.6 Å². The van der Waals surface area contributed by atoms with Crippen LogP contribution in [0.2, 0.25) is 0 Å². The van der Waals surface area contributed by atoms with E-state index in [1.807, 2.05) is 66.9 Å². The molecule has 1 N–H and O–H groups in total. The average molecular weight is 475 g/mol. The lowest BCUT2D eigenvalue weighted by atomic mass is 10.1. The third-order valence-electron chi connectivity index (χ3n) is 6.08. The van der Waals surface area contributed by atoms with E-state index in [1.165, 1.54) is 0 Å². The summed E-state index contributed by atoms with van der Waals surface area (Å²) in [5, 5.41) is 7.77. The van der Waals surface area contributed by atoms with Crippen LogP contribution >= 0.6 is 0 Å². The highest BCUT2D eigenvalue weighted by Gasteiger charge is 2.15. The monoisotopic (exact) mass is 474 g/mol. The summed E-state index contributed by atoms with van der Waals surface area (Å²) < 4.78 is 18.0. The van der Waals surface area contributed by atoms with E-state index in [2.05, 4.69) is 5.32 Å². The van der Waals surface area contributed by atoms with Gasteiger partial charge in [-0.05, 0) is 44.0 Å². The molecule has 0 atom stereocenters. The summed E-state index contributed by atoms with van der Waals surface area (Å²) in [6, 6.07) is 15.3. The Morgan fingerprint density at radius 3 is 2.37 bits per heavy atom. The molecule has 0 radical (unpaired) electrons. The molecule has 0 saturated carbocycles. The van der Waals surface area contributed by atoms with Crippen LogP contribution < -0.4 is 19.5 Å². The fourth-order valence-electron chi connectivity index (χ4n) is 4.15. The molecule has 0 spiro atoms. The third-order valence-corrected chi connectivity index (χ3v) is 6.08. The van der Waals surface area contributed by atoms with Gasteiger partial charge in [0.2, 0.25) is 5.91 Å². The lowest BCUT2D eigenvalue weighted by Crippen LogP contribution is -2.23. The molecular weight excluding hydrogens is 444 g/mol. The zero-order valence-electron chi connectivity index (χ0n) is 20.7. The molecule has 0 saturated heterocycles. The number of benzene rings is 2. The predicted octanol–water partition coefficient (Wildman–Crippen LogP) is 4.29. The van der Waals surface area contributed by atoms with Gasteiger partial charge in [0.15, 0.2) is 5.65 Å². The summed E-state index contributed by atoms with van der Waals surface area (Å²) in [6.45, 7) is 4.40. The Balaban J connectivity index is 1.52. The number of nitrogens with one attached hydrogen (secondary N) is 1. The van der Waals surface area contributed by atoms with Crippen LogP contribution in [0.15, 0.2) is 48.5 Å². The van der Waals surface area contributed by atoms with Gasteiger partial charge in [0.1, 0.15) is 17.2 Å². The van der Waals surface area contributed by atoms with Gasteiger partial charge in [-0.25, -0.2) is 9.50 Å². The number of ether oxygens (including phenoxy) is 3. The second-order valence-corrected chi connectivity index (χ2v) is 8.25. The first-order valence-electron chi connectivity index (χ1n) is 11.4. The molecule has 8 heteroatoms. The Labute approximate surface area is 204 Å². The van der Waals surface area contributed by atoms with Crippen molar-refractivity contribution in [3.63, 3.8) is 0 Å². The Kier molecular flexibility index (Phi) is 7.19. The van der Waals surface area contributed by atoms with Crippen molar-refractivity contribution in [3.05, 3.63) is 71.0 Å². The molecule has 1 amide bonds. The molecule has 0 unspecified atom stereocenters. The van der Waals surface area contributed by atoms with E-state index >= 15 is 0 Å². The minimum Gasteiger partial charge on any atom is -0.497 e. The van der Waals surface area contributed by atoms with E-state index in [0.29, 0.717) is 30.9 Å². The minimum atomic E-state index is -0.0283. The number of carbonyl (C=O) groups is 1. The Hall–Kier alpha value is -4.07. The van der Waals surface area contributed by atoms with Gasteiger partial charge in [-0.15, -0.1) is 0 Å². The second kappa shape index (κ2) is 10.5. The smallest absolute Gasteiger partial charge is 0.220 e. The van der Waals surface area contributed by atoms with Crippen molar-refractivity contribution in [1.82, 2.24) is 19.9 Å². The summed E-state index contributed by atoms with van der Waals surface area (Å²) >= 11 is 0. The molecule has 4 rings (SSSR count). The first kappa shape index (κ1) is 24.1. The molecule has 0 aliphatic heterocycles. The Morgan fingerprint density at radius 1 is 0.971 bits per heavy atom. The van der Waals surface area contributed by atoms with Crippen LogP contribution in [0, 0.1) is 13.8 Å². The van der Waals surface area contributed by atoms with Crippen molar-refractivity contribution in [2.24, 2.45) is 0 Å². The van der Waals surface area contributed by atoms with E-state index in [4.69, 9.17) is 24.3 Å². The van der Waals surface area contributed by atoms with E-state index in [0.717, 1.165) is 45.2 Å². The molecule has 35 heavy (non-hydrogen) atoms. The molecule has 0 aliphatic carbocycles. The first-order valence-corrected chi connectivity index (χ1v) is 11.4. The van der Waals surface area contributed by atoms with E-state index in [1.54, 1.807) is 21.3 Å². The van der Waals surface area contributed by atoms with Crippen molar-refractivity contribution in [2.45, 2.75) is 33.2 Å². The van der Waals surface area contributed by atoms with E-state index in [-0.39, 0.29) is 5.91 Å². The summed E-state index contributed by atoms with van der Waals surface area (Å²) in [5.74, 6) is 2.12. The van der Waals surface area contributed by atoms with Crippen LogP contribution in [-0.4, -0.2) is 41.8 Å². The number of nitrogens with zero attached hydrogens (tertiary/aromatic N) is 3. The minimum absolute atomic E-state index is 0.0283. The van der Waals surface area contributed by atoms with Crippen LogP contribution in [0.25, 0.3) is 16.9 Å². The van der Waals surface area contributed by atoms with Crippen LogP contribution in [0.1, 0.15) is 28.9 Å². The maximum atomic E-state index is 12.6. The highest BCUT2D eigenvalue weighted by Crippen LogP contribution is 2.30. The zero-order valence-corrected chi connectivity index (χ0v) is 20.7. The van der Waals surface area contributed by atoms with Gasteiger partial charge < -0.3 is 19.5 Å². The van der Waals surface area contributed by atoms with Gasteiger partial charge in [-0.1, -0.05) is 18.2 Å². The summed E-state index contributed by atoms with van der Waals surface area (Å²) in [5.41, 5.74) is 6.21. The summed E-state index contributed by atoms with van der Waals surface area (Å²) in [4.78, 5) is 17.3. The number of rotatable bonds is 9. The highest BCUT2D eigenvalue weighted by molar-refractivity contribution is 5.76. The first-order chi connectivity index (χ1) is 16.9. The topological polar surface area (TPSA) is 87.0 Å². The van der Waals surface area contributed by atoms with Gasteiger partial charge in [-0.2, -0.15) is 5.10 Å². The second-order valence-electron chi connectivity index (χ2n) is 8.25. The van der Waals surface area contributed by atoms with Gasteiger partial charge in [0.25, 0.3) is 0 Å². The quantitative estimate of drug-likeness (QED) is 0.390. The Bertz CT molecular complexity index is 1340. The molecule has 4 aromatic rings. The fourth-order valence-corrected chi connectivity index (χ4v) is 4.15. The molecule has 2 aromatic heterocycles. The van der Waals surface area contributed by atoms with Crippen molar-refractivity contribution in [1.29, 1.82) is 0 Å². The van der Waals surface area contributed by atoms with Crippen molar-refractivity contribution in [3.8, 4) is 28.5 Å². The normalized spacial score (nSPS) is 10.9. The Morgan fingerprint density at radius 2 is 1.69 bits per heavy atom. The van der Waals surface area contributed by atoms with Crippen LogP contribution in [0.4, 0.5) is 0 Å². The number of aryl methyl sites for hydroxylation is 2. The zero-order chi connectivity index (χ0) is 24.9. The third kappa shape index (κ3) is 5.21. The van der Waals surface area contributed by atoms with Crippen LogP contribution in [-0.2, 0) is 17.8 Å². The summed E-state index contributed by atoms with van der Waals surface area (Å²) in [7, 11) is 4.87. The van der Waals surface area contributed by atoms with Crippen LogP contribution in [0.3, 0.4) is 0 Å². The number of aromatic nitrogens is 3. The number of hydrogen-bond acceptors (Lipinski definition) is 6. The summed E-state index contributed by atoms with van der Waals surface area (Å²) in [6.07, 6.45) is 0.922. The van der Waals surface area contributed by atoms with Gasteiger partial charge in [-0.3, -0.25) is 4.79 Å². The predicted molar refractivity (Wildman–Crippen MR) is 134 cm³/mol. The maximum Gasteiger partial charge on any atom is 0.220 e. The molecule has 2 heterocycles. The van der Waals surface area contributed by atoms with Gasteiger partial charge >= 0.3 is 0 Å². The molecule has 0 aliphatic rings. The number of amides is 1. The van der Waals surface area contributed by atoms with Gasteiger partial charge in [0, 0.05) is 47.6 Å². The molecule has 2 aromatic carbocycles. The van der Waals surface area contributed by atoms with Crippen LogP contribution in [0.5, 0.6) is 17.2 Å². The number of methoxy groups -OCH3 is 3. The number of fused-ring (bicyclic) bond motifs is 1. The molecular formula is C27H30N4O4. The molecule has 8 nitrogen and oxygen atoms in total. The number of carbonyl (C=O) groups excluding carboxylic acids is 1. The van der Waals surface area contributed by atoms with E-state index < -0.39 is 0 Å². The largest absolute Gasteiger partial charge is 0.497 e. The number of para-hydroxylation sites is 1. The van der Waals surface area contributed by atoms with E-state index in [9.17, 15) is 4.79 Å². The molecule has 0 bridgehead atoms. The highest BCUT2D eigenvalue weighted by atomic mass is 16.5. The molecule has 182 valence electrons. The van der Waals surface area contributed by atoms with Crippen molar-refractivity contribution in [2.75, 3.05) is 21.3 Å². The lowest BCUT2D eigenvalue weighted by Gasteiger charge is -2.12. The van der Waals surface area contributed by atoms with Crippen molar-refractivity contribution < 1.29 is 19.0 Å². The SMILES string of the molecule is COc1cc(OC)cc(-c2cc3nc(C)c(CCC(=O)NCc4ccccc4OC)c(C)n3n2)c1. The average Bonchev–Trinajstić information content (AvgIpc) is 3.31. The van der Waals surface area contributed by atoms with Gasteiger partial charge in [0.05, 0.1) is 27.0 Å². The lowest BCUT2D eigenvalue weighted by molar-refractivity contribution is -0.121. The maximum absolute atomic E-state index is 12.6. The standard InChI is InChI=1S/C27H30N4O4/c1-17-23(10-11-27(32)28-16-19-8-6-7-9-25(19)35-5)18(2)31-26(29-17)15-24(30-31)20-12-21(33-3)14-22(13-20)34-4/h6-9,12-15H,10-11,16H2,1-5H3,(H,28,32). The fraction of sp³-hybridized carbons (Fsp3) is 0.296. The molecule has 0 fully saturated rings. The number of hydrogen-bond donors (Lipinski definition) is 1.